The van der Waals surface area contributed by atoms with Gasteiger partial charge in [-0.3, -0.25) is 0 Å². The topological polar surface area (TPSA) is 75.4 Å². The van der Waals surface area contributed by atoms with E-state index in [1.165, 1.54) is 4.31 Å². The van der Waals surface area contributed by atoms with Gasteiger partial charge in [-0.15, -0.1) is 0 Å². The smallest absolute Gasteiger partial charge is 0.279 e. The average Bonchev–Trinajstić information content (AvgIpc) is 2.27. The van der Waals surface area contributed by atoms with Crippen LogP contribution >= 0.6 is 0 Å². The molecule has 1 fully saturated rings. The van der Waals surface area contributed by atoms with E-state index in [1.807, 2.05) is 4.72 Å². The van der Waals surface area contributed by atoms with Crippen LogP contribution in [0.2, 0.25) is 0 Å². The van der Waals surface area contributed by atoms with Gasteiger partial charge in [-0.2, -0.15) is 17.4 Å². The van der Waals surface area contributed by atoms with Crippen LogP contribution in [0.3, 0.4) is 0 Å². The van der Waals surface area contributed by atoms with Crippen molar-refractivity contribution in [2.45, 2.75) is 19.3 Å². The van der Waals surface area contributed by atoms with Crippen molar-refractivity contribution in [2.75, 3.05) is 26.2 Å². The molecular weight excluding hydrogens is 240 g/mol. The molecule has 5 nitrogen and oxygen atoms in total. The van der Waals surface area contributed by atoms with Gasteiger partial charge in [-0.05, 0) is 25.3 Å². The van der Waals surface area contributed by atoms with Gasteiger partial charge in [-0.25, -0.2) is 8.78 Å². The Morgan fingerprint density at radius 2 is 2.19 bits per heavy atom. The minimum absolute atomic E-state index is 0.122. The number of nitrogens with zero attached hydrogens (tertiary/aromatic N) is 1. The molecule has 1 aliphatic rings. The van der Waals surface area contributed by atoms with Gasteiger partial charge in [0.25, 0.3) is 16.6 Å². The van der Waals surface area contributed by atoms with E-state index < -0.39 is 23.2 Å². The number of hydrogen-bond acceptors (Lipinski definition) is 3. The van der Waals surface area contributed by atoms with Crippen molar-refractivity contribution in [3.8, 4) is 0 Å². The standard InChI is InChI=1S/C8H17F2N3O2S/c9-8(10)5-12-16(14,15)13-3-1-2-7(4-11)6-13/h7-8,12H,1-6,11H2. The Morgan fingerprint density at radius 3 is 2.75 bits per heavy atom. The van der Waals surface area contributed by atoms with E-state index in [9.17, 15) is 17.2 Å². The lowest BCUT2D eigenvalue weighted by Gasteiger charge is -2.31. The largest absolute Gasteiger partial charge is 0.330 e. The lowest BCUT2D eigenvalue weighted by atomic mass is 10.0. The SMILES string of the molecule is NCC1CCCN(S(=O)(=O)NCC(F)F)C1. The van der Waals surface area contributed by atoms with E-state index in [4.69, 9.17) is 5.73 Å². The van der Waals surface area contributed by atoms with Gasteiger partial charge in [0.2, 0.25) is 0 Å². The van der Waals surface area contributed by atoms with Crippen molar-refractivity contribution in [3.63, 3.8) is 0 Å². The molecule has 1 aliphatic heterocycles. The summed E-state index contributed by atoms with van der Waals surface area (Å²) in [6, 6.07) is 0. The first-order valence-corrected chi connectivity index (χ1v) is 6.62. The Hall–Kier alpha value is -0.310. The van der Waals surface area contributed by atoms with Gasteiger partial charge in [0.15, 0.2) is 0 Å². The van der Waals surface area contributed by atoms with E-state index in [0.29, 0.717) is 19.6 Å². The Balaban J connectivity index is 2.54. The van der Waals surface area contributed by atoms with Crippen LogP contribution in [0.4, 0.5) is 8.78 Å². The average molecular weight is 257 g/mol. The number of alkyl halides is 2. The van der Waals surface area contributed by atoms with Gasteiger partial charge >= 0.3 is 0 Å². The zero-order chi connectivity index (χ0) is 12.2. The van der Waals surface area contributed by atoms with E-state index in [-0.39, 0.29) is 5.92 Å². The van der Waals surface area contributed by atoms with Crippen molar-refractivity contribution < 1.29 is 17.2 Å². The number of piperidine rings is 1. The Bertz CT molecular complexity index is 310. The molecule has 0 saturated carbocycles. The summed E-state index contributed by atoms with van der Waals surface area (Å²) in [5.41, 5.74) is 5.47. The Labute approximate surface area is 94.2 Å². The molecule has 0 aliphatic carbocycles. The third-order valence-electron chi connectivity index (χ3n) is 2.58. The fourth-order valence-corrected chi connectivity index (χ4v) is 2.99. The summed E-state index contributed by atoms with van der Waals surface area (Å²) in [4.78, 5) is 0. The fourth-order valence-electron chi connectivity index (χ4n) is 1.70. The van der Waals surface area contributed by atoms with Crippen LogP contribution in [0.5, 0.6) is 0 Å². The molecular formula is C8H17F2N3O2S. The zero-order valence-electron chi connectivity index (χ0n) is 8.90. The molecule has 0 aromatic heterocycles. The molecule has 96 valence electrons. The predicted octanol–water partition coefficient (Wildman–Crippen LogP) is -0.243. The molecule has 16 heavy (non-hydrogen) atoms. The van der Waals surface area contributed by atoms with Crippen molar-refractivity contribution in [2.24, 2.45) is 11.7 Å². The van der Waals surface area contributed by atoms with Gasteiger partial charge < -0.3 is 5.73 Å². The minimum atomic E-state index is -3.77. The molecule has 0 aromatic carbocycles. The van der Waals surface area contributed by atoms with Gasteiger partial charge in [0.05, 0.1) is 6.54 Å². The quantitative estimate of drug-likeness (QED) is 0.713. The first kappa shape index (κ1) is 13.8. The summed E-state index contributed by atoms with van der Waals surface area (Å²) in [7, 11) is -3.77. The van der Waals surface area contributed by atoms with E-state index in [0.717, 1.165) is 12.8 Å². The molecule has 3 N–H and O–H groups in total. The fraction of sp³-hybridized carbons (Fsp3) is 1.00. The maximum atomic E-state index is 11.9. The molecule has 1 rings (SSSR count). The van der Waals surface area contributed by atoms with Crippen LogP contribution in [0.25, 0.3) is 0 Å². The predicted molar refractivity (Wildman–Crippen MR) is 56.3 cm³/mol. The summed E-state index contributed by atoms with van der Waals surface area (Å²) in [5, 5.41) is 0. The van der Waals surface area contributed by atoms with Crippen molar-refractivity contribution >= 4 is 10.2 Å². The summed E-state index contributed by atoms with van der Waals surface area (Å²) >= 11 is 0. The molecule has 1 saturated heterocycles. The molecule has 1 heterocycles. The monoisotopic (exact) mass is 257 g/mol. The van der Waals surface area contributed by atoms with E-state index >= 15 is 0 Å². The lowest BCUT2D eigenvalue weighted by Crippen LogP contribution is -2.48. The number of nitrogens with one attached hydrogen (secondary N) is 1. The molecule has 1 atom stereocenters. The van der Waals surface area contributed by atoms with E-state index in [2.05, 4.69) is 0 Å². The number of hydrogen-bond donors (Lipinski definition) is 2. The molecule has 0 amide bonds. The second-order valence-electron chi connectivity index (χ2n) is 3.85. The molecule has 0 bridgehead atoms. The maximum Gasteiger partial charge on any atom is 0.279 e. The normalized spacial score (nSPS) is 23.9. The van der Waals surface area contributed by atoms with Crippen LogP contribution in [0.15, 0.2) is 0 Å². The van der Waals surface area contributed by atoms with Gasteiger partial charge in [0.1, 0.15) is 0 Å². The van der Waals surface area contributed by atoms with Crippen molar-refractivity contribution in [1.82, 2.24) is 9.03 Å². The maximum absolute atomic E-state index is 11.9. The number of nitrogens with two attached hydrogens (primary N) is 1. The highest BCUT2D eigenvalue weighted by molar-refractivity contribution is 7.87. The van der Waals surface area contributed by atoms with Gasteiger partial charge in [-0.1, -0.05) is 0 Å². The Kier molecular flexibility index (Phi) is 5.03. The third kappa shape index (κ3) is 3.93. The molecule has 0 radical (unpaired) electrons. The van der Waals surface area contributed by atoms with Crippen LogP contribution < -0.4 is 10.5 Å². The van der Waals surface area contributed by atoms with Crippen molar-refractivity contribution in [1.29, 1.82) is 0 Å². The highest BCUT2D eigenvalue weighted by Gasteiger charge is 2.28. The van der Waals surface area contributed by atoms with Crippen LogP contribution in [0.1, 0.15) is 12.8 Å². The van der Waals surface area contributed by atoms with E-state index in [1.54, 1.807) is 0 Å². The van der Waals surface area contributed by atoms with Crippen molar-refractivity contribution in [3.05, 3.63) is 0 Å². The first-order chi connectivity index (χ1) is 7.45. The summed E-state index contributed by atoms with van der Waals surface area (Å²) < 4.78 is 50.1. The second-order valence-corrected chi connectivity index (χ2v) is 5.60. The highest BCUT2D eigenvalue weighted by atomic mass is 32.2. The summed E-state index contributed by atoms with van der Waals surface area (Å²) in [5.74, 6) is 0.122. The number of halogens is 2. The lowest BCUT2D eigenvalue weighted by molar-refractivity contribution is 0.152. The van der Waals surface area contributed by atoms with Crippen LogP contribution in [-0.4, -0.2) is 45.3 Å². The van der Waals surface area contributed by atoms with Crippen LogP contribution in [0, 0.1) is 5.92 Å². The minimum Gasteiger partial charge on any atom is -0.330 e. The Morgan fingerprint density at radius 1 is 1.50 bits per heavy atom. The third-order valence-corrected chi connectivity index (χ3v) is 4.12. The molecule has 1 unspecified atom stereocenters. The molecule has 0 aromatic rings. The highest BCUT2D eigenvalue weighted by Crippen LogP contribution is 2.17. The number of rotatable bonds is 5. The van der Waals surface area contributed by atoms with Crippen LogP contribution in [-0.2, 0) is 10.2 Å². The van der Waals surface area contributed by atoms with Gasteiger partial charge in [0, 0.05) is 13.1 Å². The molecule has 8 heteroatoms. The summed E-state index contributed by atoms with van der Waals surface area (Å²) in [6.45, 7) is 0.261. The molecule has 0 spiro atoms. The summed E-state index contributed by atoms with van der Waals surface area (Å²) in [6.07, 6.45) is -1.07. The zero-order valence-corrected chi connectivity index (χ0v) is 9.72. The first-order valence-electron chi connectivity index (χ1n) is 5.18. The second kappa shape index (κ2) is 5.85.